The first kappa shape index (κ1) is 55.8. The standard InChI is InChI=1S/C57H63N3O13S4/c1-7-48(61)52(76(65,66)67)19-21-74-75-57(3,4)20-18-54(62)58-41-24-35(23-36(25-41)33-73-51-28-37-16-17-42-26-38-12-8-10-14-45(38)59(42)55(63)44(37)31-50(51)70-5)32-72-49-29-40-30-53(77(68,69)71-6)47-27-39-13-9-11-15-46(39)60(47)56(64)43(40)22-34(49)2/h8-15,22-25,28-29,31,42,47,52-53H,7,16-21,26-27,30,32-33H2,1-6H3,(H,58,62)(H,65,66,67)/t42-,47+,52?,53?/m1/s1. The minimum atomic E-state index is -4.52. The Hall–Kier alpha value is -5.90. The van der Waals surface area contributed by atoms with Gasteiger partial charge in [-0.2, -0.15) is 16.8 Å². The summed E-state index contributed by atoms with van der Waals surface area (Å²) in [4.78, 5) is 58.0. The number of para-hydroxylation sites is 2. The second-order valence-electron chi connectivity index (χ2n) is 20.6. The Labute approximate surface area is 458 Å². The van der Waals surface area contributed by atoms with Crippen molar-refractivity contribution in [1.29, 1.82) is 0 Å². The fourth-order valence-electron chi connectivity index (χ4n) is 10.9. The zero-order valence-corrected chi connectivity index (χ0v) is 47.1. The Bertz CT molecular complexity index is 3370. The molecule has 0 spiro atoms. The van der Waals surface area contributed by atoms with Gasteiger partial charge in [-0.05, 0) is 159 Å². The van der Waals surface area contributed by atoms with Crippen LogP contribution in [-0.2, 0) is 72.9 Å². The van der Waals surface area contributed by atoms with Crippen LogP contribution in [0.5, 0.6) is 17.2 Å². The van der Waals surface area contributed by atoms with Crippen molar-refractivity contribution in [2.24, 2.45) is 0 Å². The maximum Gasteiger partial charge on any atom is 0.275 e. The molecule has 5 aromatic carbocycles. The maximum absolute atomic E-state index is 14.4. The Balaban J connectivity index is 0.948. The van der Waals surface area contributed by atoms with Crippen molar-refractivity contribution >= 4 is 82.4 Å². The van der Waals surface area contributed by atoms with E-state index in [0.717, 1.165) is 42.3 Å². The molecule has 0 saturated carbocycles. The number of hydrogen-bond donors (Lipinski definition) is 2. The van der Waals surface area contributed by atoms with Crippen molar-refractivity contribution in [1.82, 2.24) is 0 Å². The van der Waals surface area contributed by atoms with Crippen LogP contribution < -0.4 is 29.3 Å². The number of fused-ring (bicyclic) bond motifs is 8. The van der Waals surface area contributed by atoms with Crippen LogP contribution in [0.3, 0.4) is 0 Å². The van der Waals surface area contributed by atoms with E-state index in [0.29, 0.717) is 87.0 Å². The molecule has 0 radical (unpaired) electrons. The number of nitrogens with zero attached hydrogens (tertiary/aromatic N) is 2. The molecule has 4 aliphatic rings. The van der Waals surface area contributed by atoms with Crippen LogP contribution in [0.25, 0.3) is 0 Å². The van der Waals surface area contributed by atoms with Crippen LogP contribution in [-0.4, -0.2) is 92.2 Å². The number of methoxy groups -OCH3 is 1. The molecule has 4 atom stereocenters. The SMILES string of the molecule is CCC(=O)C(CCSSC(C)(C)CCC(=O)Nc1cc(COc2cc3c(cc2C)C(=O)N2c4ccccc4C[C@H]2C(S(=O)(=O)OC)C3)cc(COc2cc3c(cc2OC)C(=O)N2c4ccccc4C[C@H]2CC3)c1)S(=O)(=O)O. The van der Waals surface area contributed by atoms with E-state index in [4.69, 9.17) is 18.4 Å². The third-order valence-electron chi connectivity index (χ3n) is 14.9. The fraction of sp³-hybridized carbons (Fsp3) is 0.404. The van der Waals surface area contributed by atoms with Gasteiger partial charge in [0.25, 0.3) is 32.1 Å². The van der Waals surface area contributed by atoms with Crippen LogP contribution in [0, 0.1) is 6.92 Å². The lowest BCUT2D eigenvalue weighted by atomic mass is 9.97. The summed E-state index contributed by atoms with van der Waals surface area (Å²) in [6, 6.07) is 27.4. The minimum absolute atomic E-state index is 0.00509. The lowest BCUT2D eigenvalue weighted by Gasteiger charge is -2.28. The van der Waals surface area contributed by atoms with Gasteiger partial charge in [0.15, 0.2) is 17.3 Å². The molecule has 3 amide bonds. The summed E-state index contributed by atoms with van der Waals surface area (Å²) in [7, 11) is -3.12. The first-order valence-electron chi connectivity index (χ1n) is 25.6. The summed E-state index contributed by atoms with van der Waals surface area (Å²) >= 11 is 0. The number of Topliss-reactive ketones (excluding diaryl/α,β-unsaturated/α-hetero) is 1. The molecule has 5 aromatic rings. The van der Waals surface area contributed by atoms with Gasteiger partial charge in [0.2, 0.25) is 5.91 Å². The Morgan fingerprint density at radius 3 is 2.06 bits per heavy atom. The highest BCUT2D eigenvalue weighted by Crippen LogP contribution is 2.44. The fourth-order valence-corrected chi connectivity index (χ4v) is 15.9. The number of carbonyl (C=O) groups is 4. The first-order chi connectivity index (χ1) is 36.7. The molecule has 16 nitrogen and oxygen atoms in total. The van der Waals surface area contributed by atoms with E-state index >= 15 is 0 Å². The normalized spacial score (nSPS) is 18.2. The molecule has 0 saturated heterocycles. The van der Waals surface area contributed by atoms with Gasteiger partial charge in [0, 0.05) is 57.6 Å². The number of carbonyl (C=O) groups excluding carboxylic acids is 4. The number of rotatable bonds is 21. The number of amides is 3. The monoisotopic (exact) mass is 1130 g/mol. The average molecular weight is 1130 g/mol. The number of anilines is 3. The second kappa shape index (κ2) is 22.8. The van der Waals surface area contributed by atoms with Crippen LogP contribution in [0.4, 0.5) is 17.1 Å². The Kier molecular flexibility index (Phi) is 16.6. The highest BCUT2D eigenvalue weighted by Gasteiger charge is 2.48. The van der Waals surface area contributed by atoms with Crippen molar-refractivity contribution in [3.05, 3.63) is 141 Å². The molecule has 4 heterocycles. The quantitative estimate of drug-likeness (QED) is 0.0303. The number of benzene rings is 5. The molecule has 408 valence electrons. The molecule has 0 aliphatic carbocycles. The smallest absolute Gasteiger partial charge is 0.275 e. The van der Waals surface area contributed by atoms with Crippen molar-refractivity contribution < 1.29 is 59.0 Å². The number of ether oxygens (including phenoxy) is 3. The zero-order chi connectivity index (χ0) is 55.0. The number of hydrogen-bond acceptors (Lipinski definition) is 14. The largest absolute Gasteiger partial charge is 0.493 e. The Morgan fingerprint density at radius 2 is 1.40 bits per heavy atom. The third-order valence-corrected chi connectivity index (χ3v) is 21.2. The molecule has 4 aliphatic heterocycles. The molecule has 0 bridgehead atoms. The second-order valence-corrected chi connectivity index (χ2v) is 27.2. The molecular weight excluding hydrogens is 1060 g/mol. The van der Waals surface area contributed by atoms with Crippen LogP contribution in [0.2, 0.25) is 0 Å². The molecule has 0 fully saturated rings. The topological polar surface area (TPSA) is 212 Å². The van der Waals surface area contributed by atoms with E-state index in [2.05, 4.69) is 11.4 Å². The zero-order valence-electron chi connectivity index (χ0n) is 43.8. The van der Waals surface area contributed by atoms with Crippen molar-refractivity contribution in [3.8, 4) is 17.2 Å². The number of ketones is 1. The molecule has 2 unspecified atom stereocenters. The lowest BCUT2D eigenvalue weighted by molar-refractivity contribution is -0.118. The summed E-state index contributed by atoms with van der Waals surface area (Å²) in [5, 5.41) is 0.529. The van der Waals surface area contributed by atoms with Gasteiger partial charge in [-0.15, -0.1) is 0 Å². The van der Waals surface area contributed by atoms with Gasteiger partial charge in [-0.1, -0.05) is 64.9 Å². The van der Waals surface area contributed by atoms with Crippen LogP contribution in [0.15, 0.2) is 91.0 Å². The summed E-state index contributed by atoms with van der Waals surface area (Å²) in [6.07, 6.45) is 3.16. The van der Waals surface area contributed by atoms with E-state index in [1.165, 1.54) is 28.7 Å². The number of nitrogens with one attached hydrogen (secondary N) is 1. The van der Waals surface area contributed by atoms with E-state index in [9.17, 15) is 40.6 Å². The van der Waals surface area contributed by atoms with Crippen molar-refractivity contribution in [2.75, 3.05) is 35.1 Å². The molecule has 77 heavy (non-hydrogen) atoms. The number of aryl methyl sites for hydroxylation is 2. The lowest BCUT2D eigenvalue weighted by Crippen LogP contribution is -2.47. The van der Waals surface area contributed by atoms with E-state index in [1.54, 1.807) is 36.1 Å². The van der Waals surface area contributed by atoms with Gasteiger partial charge >= 0.3 is 0 Å². The van der Waals surface area contributed by atoms with Crippen LogP contribution >= 0.6 is 21.6 Å². The van der Waals surface area contributed by atoms with Gasteiger partial charge in [-0.25, -0.2) is 0 Å². The Morgan fingerprint density at radius 1 is 0.779 bits per heavy atom. The van der Waals surface area contributed by atoms with Gasteiger partial charge in [-0.3, -0.25) is 27.9 Å². The van der Waals surface area contributed by atoms with Crippen molar-refractivity contribution in [3.63, 3.8) is 0 Å². The highest BCUT2D eigenvalue weighted by molar-refractivity contribution is 8.77. The van der Waals surface area contributed by atoms with E-state index < -0.39 is 47.3 Å². The molecule has 20 heteroatoms. The van der Waals surface area contributed by atoms with Gasteiger partial charge in [0.05, 0.1) is 20.3 Å². The van der Waals surface area contributed by atoms with E-state index in [1.807, 2.05) is 86.3 Å². The van der Waals surface area contributed by atoms with Gasteiger partial charge < -0.3 is 29.3 Å². The summed E-state index contributed by atoms with van der Waals surface area (Å²) in [5.74, 6) is 0.400. The molecule has 2 N–H and O–H groups in total. The average Bonchev–Trinajstić information content (AvgIpc) is 3.96. The maximum atomic E-state index is 14.4. The summed E-state index contributed by atoms with van der Waals surface area (Å²) < 4.78 is 84.0. The highest BCUT2D eigenvalue weighted by atomic mass is 33.1. The predicted octanol–water partition coefficient (Wildman–Crippen LogP) is 9.66. The third kappa shape index (κ3) is 12.1. The predicted molar refractivity (Wildman–Crippen MR) is 300 cm³/mol. The first-order valence-corrected chi connectivity index (χ1v) is 30.9. The van der Waals surface area contributed by atoms with Crippen molar-refractivity contribution in [2.45, 2.75) is 126 Å². The summed E-state index contributed by atoms with van der Waals surface area (Å²) in [5.41, 5.74) is 8.44. The molecule has 0 aromatic heterocycles. The molecular formula is C57H63N3O13S4. The van der Waals surface area contributed by atoms with E-state index in [-0.39, 0.29) is 62.7 Å². The van der Waals surface area contributed by atoms with Gasteiger partial charge in [0.1, 0.15) is 29.5 Å². The summed E-state index contributed by atoms with van der Waals surface area (Å²) in [6.45, 7) is 7.38. The minimum Gasteiger partial charge on any atom is -0.493 e. The van der Waals surface area contributed by atoms with Crippen LogP contribution in [0.1, 0.15) is 113 Å². The molecule has 9 rings (SSSR count).